The van der Waals surface area contributed by atoms with Crippen molar-refractivity contribution >= 4 is 0 Å². The van der Waals surface area contributed by atoms with Gasteiger partial charge in [-0.25, -0.2) is 4.39 Å². The minimum absolute atomic E-state index is 0.0154. The maximum absolute atomic E-state index is 13.8. The smallest absolute Gasteiger partial charge is 0.132 e. The van der Waals surface area contributed by atoms with E-state index in [0.717, 1.165) is 11.3 Å². The molecule has 1 atom stereocenters. The Hall–Kier alpha value is -1.87. The first-order chi connectivity index (χ1) is 9.92. The lowest BCUT2D eigenvalue weighted by molar-refractivity contribution is 0.461. The second-order valence-electron chi connectivity index (χ2n) is 5.50. The van der Waals surface area contributed by atoms with E-state index in [4.69, 9.17) is 4.74 Å². The number of nitrogens with one attached hydrogen (secondary N) is 1. The summed E-state index contributed by atoms with van der Waals surface area (Å²) in [5, 5.41) is 3.13. The van der Waals surface area contributed by atoms with E-state index < -0.39 is 0 Å². The van der Waals surface area contributed by atoms with Crippen molar-refractivity contribution in [2.24, 2.45) is 0 Å². The molecule has 112 valence electrons. The van der Waals surface area contributed by atoms with Gasteiger partial charge in [0.15, 0.2) is 0 Å². The van der Waals surface area contributed by atoms with Crippen LogP contribution in [0.1, 0.15) is 35.2 Å². The van der Waals surface area contributed by atoms with E-state index in [9.17, 15) is 4.39 Å². The molecule has 0 radical (unpaired) electrons. The minimum atomic E-state index is -0.209. The van der Waals surface area contributed by atoms with Crippen molar-refractivity contribution in [1.29, 1.82) is 0 Å². The minimum Gasteiger partial charge on any atom is -0.457 e. The van der Waals surface area contributed by atoms with Crippen LogP contribution in [0.2, 0.25) is 0 Å². The molecule has 0 aliphatic carbocycles. The third-order valence-corrected chi connectivity index (χ3v) is 3.90. The number of benzene rings is 2. The fourth-order valence-corrected chi connectivity index (χ4v) is 2.16. The fraction of sp³-hybridized carbons (Fsp3) is 0.333. The molecule has 0 saturated heterocycles. The van der Waals surface area contributed by atoms with E-state index in [2.05, 4.69) is 19.2 Å². The van der Waals surface area contributed by atoms with Crippen LogP contribution in [-0.4, -0.2) is 7.05 Å². The van der Waals surface area contributed by atoms with Gasteiger partial charge in [-0.05, 0) is 75.7 Å². The van der Waals surface area contributed by atoms with E-state index in [1.165, 1.54) is 11.1 Å². The van der Waals surface area contributed by atoms with Gasteiger partial charge >= 0.3 is 0 Å². The zero-order chi connectivity index (χ0) is 15.6. The fourth-order valence-electron chi connectivity index (χ4n) is 2.16. The second kappa shape index (κ2) is 6.27. The van der Waals surface area contributed by atoms with Crippen molar-refractivity contribution in [2.45, 2.75) is 33.7 Å². The third-order valence-electron chi connectivity index (χ3n) is 3.90. The molecule has 0 saturated carbocycles. The summed E-state index contributed by atoms with van der Waals surface area (Å²) in [6.45, 7) is 7.85. The highest BCUT2D eigenvalue weighted by molar-refractivity contribution is 5.44. The van der Waals surface area contributed by atoms with Crippen LogP contribution in [0.15, 0.2) is 30.3 Å². The lowest BCUT2D eigenvalue weighted by Gasteiger charge is -2.18. The molecule has 0 amide bonds. The van der Waals surface area contributed by atoms with Gasteiger partial charge in [0.25, 0.3) is 0 Å². The Bertz CT molecular complexity index is 652. The van der Waals surface area contributed by atoms with Crippen LogP contribution >= 0.6 is 0 Å². The van der Waals surface area contributed by atoms with Crippen molar-refractivity contribution in [1.82, 2.24) is 5.32 Å². The van der Waals surface area contributed by atoms with Crippen molar-refractivity contribution in [3.8, 4) is 11.5 Å². The number of hydrogen-bond donors (Lipinski definition) is 1. The van der Waals surface area contributed by atoms with Gasteiger partial charge in [-0.3, -0.25) is 0 Å². The Morgan fingerprint density at radius 3 is 2.33 bits per heavy atom. The molecule has 0 aliphatic heterocycles. The molecule has 0 aromatic heterocycles. The molecule has 21 heavy (non-hydrogen) atoms. The first-order valence-electron chi connectivity index (χ1n) is 7.14. The number of aryl methyl sites for hydroxylation is 3. The highest BCUT2D eigenvalue weighted by Crippen LogP contribution is 2.32. The Kier molecular flexibility index (Phi) is 4.63. The normalized spacial score (nSPS) is 12.3. The van der Waals surface area contributed by atoms with Crippen molar-refractivity contribution in [3.63, 3.8) is 0 Å². The van der Waals surface area contributed by atoms with E-state index in [-0.39, 0.29) is 11.9 Å². The molecule has 3 heteroatoms. The largest absolute Gasteiger partial charge is 0.457 e. The van der Waals surface area contributed by atoms with E-state index >= 15 is 0 Å². The monoisotopic (exact) mass is 287 g/mol. The van der Waals surface area contributed by atoms with Gasteiger partial charge in [0.05, 0.1) is 0 Å². The van der Waals surface area contributed by atoms with Crippen LogP contribution in [0.5, 0.6) is 11.5 Å². The van der Waals surface area contributed by atoms with E-state index in [1.54, 1.807) is 19.1 Å². The van der Waals surface area contributed by atoms with Gasteiger partial charge in [0, 0.05) is 11.6 Å². The molecule has 1 N–H and O–H groups in total. The van der Waals surface area contributed by atoms with Gasteiger partial charge in [0.2, 0.25) is 0 Å². The summed E-state index contributed by atoms with van der Waals surface area (Å²) in [4.78, 5) is 0. The lowest BCUT2D eigenvalue weighted by Crippen LogP contribution is -2.13. The molecule has 0 fully saturated rings. The van der Waals surface area contributed by atoms with Crippen LogP contribution in [0.3, 0.4) is 0 Å². The standard InChI is InChI=1S/C18H22FNO/c1-11-6-7-15(8-12(11)2)21-18-9-13(3)17(19)10-16(18)14(4)20-5/h6-10,14,20H,1-5H3. The number of ether oxygens (including phenoxy) is 1. The number of rotatable bonds is 4. The van der Waals surface area contributed by atoms with E-state index in [0.29, 0.717) is 11.3 Å². The summed E-state index contributed by atoms with van der Waals surface area (Å²) >= 11 is 0. The summed E-state index contributed by atoms with van der Waals surface area (Å²) in [6.07, 6.45) is 0. The summed E-state index contributed by atoms with van der Waals surface area (Å²) in [5.41, 5.74) is 3.80. The van der Waals surface area contributed by atoms with Gasteiger partial charge < -0.3 is 10.1 Å². The Morgan fingerprint density at radius 1 is 1.00 bits per heavy atom. The van der Waals surface area contributed by atoms with Crippen molar-refractivity contribution in [2.75, 3.05) is 7.05 Å². The molecule has 0 spiro atoms. The number of hydrogen-bond acceptors (Lipinski definition) is 2. The van der Waals surface area contributed by atoms with Crippen LogP contribution in [0.4, 0.5) is 4.39 Å². The zero-order valence-corrected chi connectivity index (χ0v) is 13.3. The molecule has 2 aromatic carbocycles. The second-order valence-corrected chi connectivity index (χ2v) is 5.50. The average Bonchev–Trinajstić information content (AvgIpc) is 2.45. The van der Waals surface area contributed by atoms with Crippen LogP contribution in [0.25, 0.3) is 0 Å². The van der Waals surface area contributed by atoms with Crippen molar-refractivity contribution < 1.29 is 9.13 Å². The van der Waals surface area contributed by atoms with Gasteiger partial charge in [0.1, 0.15) is 17.3 Å². The predicted molar refractivity (Wildman–Crippen MR) is 84.6 cm³/mol. The third kappa shape index (κ3) is 3.42. The molecule has 0 heterocycles. The molecular weight excluding hydrogens is 265 g/mol. The summed E-state index contributed by atoms with van der Waals surface area (Å²) in [7, 11) is 1.85. The SMILES string of the molecule is CNC(C)c1cc(F)c(C)cc1Oc1ccc(C)c(C)c1. The molecule has 0 aliphatic rings. The van der Waals surface area contributed by atoms with E-state index in [1.807, 2.05) is 32.2 Å². The lowest BCUT2D eigenvalue weighted by atomic mass is 10.0. The zero-order valence-electron chi connectivity index (χ0n) is 13.3. The molecule has 0 bridgehead atoms. The maximum Gasteiger partial charge on any atom is 0.132 e. The predicted octanol–water partition coefficient (Wildman–Crippen LogP) is 4.82. The molecular formula is C18H22FNO. The van der Waals surface area contributed by atoms with Gasteiger partial charge in [-0.1, -0.05) is 6.07 Å². The Labute approximate surface area is 126 Å². The Morgan fingerprint density at radius 2 is 1.71 bits per heavy atom. The average molecular weight is 287 g/mol. The summed E-state index contributed by atoms with van der Waals surface area (Å²) in [6, 6.07) is 9.29. The number of halogens is 1. The molecule has 2 nitrogen and oxygen atoms in total. The van der Waals surface area contributed by atoms with Crippen LogP contribution in [0, 0.1) is 26.6 Å². The first-order valence-corrected chi connectivity index (χ1v) is 7.14. The van der Waals surface area contributed by atoms with Gasteiger partial charge in [-0.15, -0.1) is 0 Å². The molecule has 1 unspecified atom stereocenters. The molecule has 2 aromatic rings. The highest BCUT2D eigenvalue weighted by atomic mass is 19.1. The van der Waals surface area contributed by atoms with Crippen LogP contribution < -0.4 is 10.1 Å². The van der Waals surface area contributed by atoms with Crippen molar-refractivity contribution in [3.05, 3.63) is 58.4 Å². The first kappa shape index (κ1) is 15.5. The Balaban J connectivity index is 2.42. The molecule has 2 rings (SSSR count). The maximum atomic E-state index is 13.8. The quantitative estimate of drug-likeness (QED) is 0.870. The highest BCUT2D eigenvalue weighted by Gasteiger charge is 2.14. The van der Waals surface area contributed by atoms with Crippen LogP contribution in [-0.2, 0) is 0 Å². The topological polar surface area (TPSA) is 21.3 Å². The summed E-state index contributed by atoms with van der Waals surface area (Å²) in [5.74, 6) is 1.26. The van der Waals surface area contributed by atoms with Gasteiger partial charge in [-0.2, -0.15) is 0 Å². The summed E-state index contributed by atoms with van der Waals surface area (Å²) < 4.78 is 19.8.